The number of rotatable bonds is 4. The summed E-state index contributed by atoms with van der Waals surface area (Å²) in [6, 6.07) is 16.4. The van der Waals surface area contributed by atoms with Crippen molar-refractivity contribution in [2.45, 2.75) is 19.0 Å². The number of nitrogens with one attached hydrogen (secondary N) is 2. The van der Waals surface area contributed by atoms with Gasteiger partial charge in [0.05, 0.1) is 13.2 Å². The number of ether oxygens (including phenoxy) is 1. The summed E-state index contributed by atoms with van der Waals surface area (Å²) in [5.74, 6) is -0.0408. The molecule has 1 unspecified atom stereocenters. The molecule has 7 heteroatoms. The van der Waals surface area contributed by atoms with Crippen LogP contribution in [0.15, 0.2) is 48.5 Å². The standard InChI is InChI=1S/C20H23N3O2.2ClH/c24-20(18-14-25-12-10-21-18)22-17-7-5-15(6-8-17)13-23-11-9-16-3-1-2-4-19(16)23;;/h1-8,18,21H,9-14H2,(H,22,24);2*1H. The number of amides is 1. The molecule has 2 aromatic carbocycles. The highest BCUT2D eigenvalue weighted by molar-refractivity contribution is 5.95. The van der Waals surface area contributed by atoms with Gasteiger partial charge in [-0.2, -0.15) is 0 Å². The van der Waals surface area contributed by atoms with Crippen LogP contribution < -0.4 is 15.5 Å². The number of hydrogen-bond acceptors (Lipinski definition) is 4. The van der Waals surface area contributed by atoms with Gasteiger partial charge < -0.3 is 20.3 Å². The first-order chi connectivity index (χ1) is 12.3. The fourth-order valence-corrected chi connectivity index (χ4v) is 3.45. The van der Waals surface area contributed by atoms with E-state index in [1.165, 1.54) is 16.8 Å². The topological polar surface area (TPSA) is 53.6 Å². The van der Waals surface area contributed by atoms with Crippen LogP contribution in [0.4, 0.5) is 11.4 Å². The number of hydrogen-bond donors (Lipinski definition) is 2. The quantitative estimate of drug-likeness (QED) is 0.814. The van der Waals surface area contributed by atoms with Gasteiger partial charge in [-0.3, -0.25) is 4.79 Å². The predicted octanol–water partition coefficient (Wildman–Crippen LogP) is 3.02. The Labute approximate surface area is 172 Å². The molecule has 2 aromatic rings. The van der Waals surface area contributed by atoms with Gasteiger partial charge in [0.2, 0.25) is 5.91 Å². The molecule has 0 saturated carbocycles. The highest BCUT2D eigenvalue weighted by Gasteiger charge is 2.21. The summed E-state index contributed by atoms with van der Waals surface area (Å²) < 4.78 is 5.33. The van der Waals surface area contributed by atoms with Crippen molar-refractivity contribution in [2.75, 3.05) is 36.5 Å². The molecule has 4 rings (SSSR count). The summed E-state index contributed by atoms with van der Waals surface area (Å²) in [5, 5.41) is 6.12. The Balaban J connectivity index is 0.00000131. The molecule has 0 spiro atoms. The van der Waals surface area contributed by atoms with Crippen molar-refractivity contribution in [1.82, 2.24) is 5.32 Å². The largest absolute Gasteiger partial charge is 0.378 e. The zero-order valence-electron chi connectivity index (χ0n) is 15.0. The third-order valence-electron chi connectivity index (χ3n) is 4.82. The van der Waals surface area contributed by atoms with Crippen LogP contribution in [-0.4, -0.2) is 38.3 Å². The van der Waals surface area contributed by atoms with Gasteiger partial charge in [-0.05, 0) is 35.7 Å². The first-order valence-corrected chi connectivity index (χ1v) is 8.83. The Bertz CT molecular complexity index is 749. The van der Waals surface area contributed by atoms with Crippen LogP contribution in [0, 0.1) is 0 Å². The van der Waals surface area contributed by atoms with E-state index in [2.05, 4.69) is 51.9 Å². The number of nitrogens with zero attached hydrogens (tertiary/aromatic N) is 1. The molecule has 2 heterocycles. The van der Waals surface area contributed by atoms with E-state index in [9.17, 15) is 4.79 Å². The van der Waals surface area contributed by atoms with E-state index in [1.807, 2.05) is 12.1 Å². The molecule has 1 atom stereocenters. The molecule has 2 aliphatic rings. The third-order valence-corrected chi connectivity index (χ3v) is 4.82. The van der Waals surface area contributed by atoms with E-state index >= 15 is 0 Å². The third kappa shape index (κ3) is 5.14. The fourth-order valence-electron chi connectivity index (χ4n) is 3.45. The predicted molar refractivity (Wildman–Crippen MR) is 113 cm³/mol. The molecule has 27 heavy (non-hydrogen) atoms. The van der Waals surface area contributed by atoms with Gasteiger partial charge in [0.1, 0.15) is 6.04 Å². The maximum Gasteiger partial charge on any atom is 0.243 e. The molecule has 146 valence electrons. The lowest BCUT2D eigenvalue weighted by molar-refractivity contribution is -0.120. The van der Waals surface area contributed by atoms with Crippen LogP contribution in [0.3, 0.4) is 0 Å². The van der Waals surface area contributed by atoms with Crippen molar-refractivity contribution in [3.8, 4) is 0 Å². The molecule has 1 fully saturated rings. The van der Waals surface area contributed by atoms with Crippen molar-refractivity contribution in [3.05, 3.63) is 59.7 Å². The van der Waals surface area contributed by atoms with Crippen molar-refractivity contribution < 1.29 is 9.53 Å². The number of morpholine rings is 1. The Kier molecular flexibility index (Phi) is 7.92. The van der Waals surface area contributed by atoms with Crippen LogP contribution in [0.25, 0.3) is 0 Å². The molecule has 0 radical (unpaired) electrons. The molecule has 1 saturated heterocycles. The lowest BCUT2D eigenvalue weighted by Crippen LogP contribution is -2.48. The second-order valence-corrected chi connectivity index (χ2v) is 6.57. The van der Waals surface area contributed by atoms with Crippen LogP contribution in [0.5, 0.6) is 0 Å². The monoisotopic (exact) mass is 409 g/mol. The maximum atomic E-state index is 12.2. The summed E-state index contributed by atoms with van der Waals surface area (Å²) in [4.78, 5) is 14.6. The minimum atomic E-state index is -0.269. The second-order valence-electron chi connectivity index (χ2n) is 6.57. The first-order valence-electron chi connectivity index (χ1n) is 8.83. The lowest BCUT2D eigenvalue weighted by Gasteiger charge is -2.23. The number of para-hydroxylation sites is 1. The van der Waals surface area contributed by atoms with Crippen molar-refractivity contribution in [1.29, 1.82) is 0 Å². The van der Waals surface area contributed by atoms with Crippen molar-refractivity contribution in [3.63, 3.8) is 0 Å². The van der Waals surface area contributed by atoms with Crippen molar-refractivity contribution in [2.24, 2.45) is 0 Å². The number of anilines is 2. The molecule has 0 bridgehead atoms. The smallest absolute Gasteiger partial charge is 0.243 e. The van der Waals surface area contributed by atoms with Crippen LogP contribution in [0.2, 0.25) is 0 Å². The first kappa shape index (κ1) is 21.5. The van der Waals surface area contributed by atoms with Gasteiger partial charge in [0.25, 0.3) is 0 Å². The fraction of sp³-hybridized carbons (Fsp3) is 0.350. The number of halogens is 2. The van der Waals surface area contributed by atoms with E-state index in [1.54, 1.807) is 0 Å². The zero-order valence-corrected chi connectivity index (χ0v) is 16.7. The van der Waals surface area contributed by atoms with E-state index < -0.39 is 0 Å². The number of benzene rings is 2. The molecule has 2 N–H and O–H groups in total. The van der Waals surface area contributed by atoms with E-state index in [0.717, 1.165) is 25.2 Å². The van der Waals surface area contributed by atoms with E-state index in [-0.39, 0.29) is 36.8 Å². The molecule has 5 nitrogen and oxygen atoms in total. The highest BCUT2D eigenvalue weighted by atomic mass is 35.5. The molecular weight excluding hydrogens is 385 g/mol. The Hall–Kier alpha value is -1.79. The summed E-state index contributed by atoms with van der Waals surface area (Å²) in [5.41, 5.74) is 4.83. The van der Waals surface area contributed by atoms with Crippen LogP contribution in [0.1, 0.15) is 11.1 Å². The number of fused-ring (bicyclic) bond motifs is 1. The van der Waals surface area contributed by atoms with Gasteiger partial charge in [-0.25, -0.2) is 0 Å². The molecule has 0 aromatic heterocycles. The lowest BCUT2D eigenvalue weighted by atomic mass is 10.1. The molecule has 1 amide bonds. The summed E-state index contributed by atoms with van der Waals surface area (Å²) in [7, 11) is 0. The summed E-state index contributed by atoms with van der Waals surface area (Å²) in [6.07, 6.45) is 1.11. The van der Waals surface area contributed by atoms with Crippen LogP contribution >= 0.6 is 24.8 Å². The van der Waals surface area contributed by atoms with Gasteiger partial charge in [0, 0.05) is 31.0 Å². The maximum absolute atomic E-state index is 12.2. The van der Waals surface area contributed by atoms with Gasteiger partial charge >= 0.3 is 0 Å². The SMILES string of the molecule is Cl.Cl.O=C(Nc1ccc(CN2CCc3ccccc32)cc1)C1COCCN1. The number of carbonyl (C=O) groups is 1. The zero-order chi connectivity index (χ0) is 17.1. The summed E-state index contributed by atoms with van der Waals surface area (Å²) in [6.45, 7) is 3.76. The van der Waals surface area contributed by atoms with E-state index in [4.69, 9.17) is 4.74 Å². The minimum Gasteiger partial charge on any atom is -0.378 e. The summed E-state index contributed by atoms with van der Waals surface area (Å²) >= 11 is 0. The molecular formula is C20H25Cl2N3O2. The van der Waals surface area contributed by atoms with Crippen LogP contribution in [-0.2, 0) is 22.5 Å². The molecule has 0 aliphatic carbocycles. The Morgan fingerprint density at radius 1 is 1.15 bits per heavy atom. The average Bonchev–Trinajstić information content (AvgIpc) is 3.07. The van der Waals surface area contributed by atoms with Gasteiger partial charge in [0.15, 0.2) is 0 Å². The van der Waals surface area contributed by atoms with Gasteiger partial charge in [-0.15, -0.1) is 24.8 Å². The average molecular weight is 410 g/mol. The second kappa shape index (κ2) is 9.95. The number of carbonyl (C=O) groups excluding carboxylic acids is 1. The molecule has 2 aliphatic heterocycles. The van der Waals surface area contributed by atoms with Crippen molar-refractivity contribution >= 4 is 42.1 Å². The Morgan fingerprint density at radius 3 is 2.67 bits per heavy atom. The highest BCUT2D eigenvalue weighted by Crippen LogP contribution is 2.28. The Morgan fingerprint density at radius 2 is 1.93 bits per heavy atom. The normalized spacial score (nSPS) is 18.1. The minimum absolute atomic E-state index is 0. The van der Waals surface area contributed by atoms with Gasteiger partial charge in [-0.1, -0.05) is 30.3 Å². The van der Waals surface area contributed by atoms with E-state index in [0.29, 0.717) is 19.8 Å².